The van der Waals surface area contributed by atoms with Crippen LogP contribution in [-0.2, 0) is 91.8 Å². The van der Waals surface area contributed by atoms with Crippen LogP contribution in [-0.4, -0.2) is 151 Å². The summed E-state index contributed by atoms with van der Waals surface area (Å²) >= 11 is 0. The molecule has 6 saturated heterocycles. The zero-order valence-electron chi connectivity index (χ0n) is 42.5. The van der Waals surface area contributed by atoms with Crippen LogP contribution in [0.2, 0.25) is 151 Å². The molecule has 378 valence electrons. The Balaban J connectivity index is 2.07. The van der Waals surface area contributed by atoms with Gasteiger partial charge in [0.2, 0.25) is 8.32 Å². The molecule has 65 heavy (non-hydrogen) atoms. The lowest BCUT2D eigenvalue weighted by atomic mass is 10.7. The summed E-state index contributed by atoms with van der Waals surface area (Å²) in [7, 11) is -65.1. The van der Waals surface area contributed by atoms with Gasteiger partial charge in [-0.25, -0.2) is 4.79 Å². The summed E-state index contributed by atoms with van der Waals surface area (Å²) in [6, 6.07) is 0. The molecular formula is C27H74O22Si16. The van der Waals surface area contributed by atoms with E-state index in [1.165, 1.54) is 0 Å². The molecular weight excluding hydrogens is 1130 g/mol. The molecule has 0 aromatic carbocycles. The Hall–Kier alpha value is 1.88. The largest absolute Gasteiger partial charge is 0.651 e. The summed E-state index contributed by atoms with van der Waals surface area (Å²) in [6.45, 7) is 47.3. The molecule has 38 heteroatoms. The quantitative estimate of drug-likeness (QED) is 0.0802. The summed E-state index contributed by atoms with van der Waals surface area (Å²) < 4.78 is 151. The van der Waals surface area contributed by atoms with Crippen molar-refractivity contribution in [1.82, 2.24) is 0 Å². The van der Waals surface area contributed by atoms with Gasteiger partial charge in [-0.05, 0) is 151 Å². The molecule has 0 spiro atoms. The molecule has 6 aliphatic heterocycles. The van der Waals surface area contributed by atoms with Gasteiger partial charge >= 0.3 is 78.4 Å². The monoisotopic (exact) mass is 1200 g/mol. The molecule has 6 heterocycles. The van der Waals surface area contributed by atoms with Crippen LogP contribution in [0.25, 0.3) is 0 Å². The highest BCUT2D eigenvalue weighted by atomic mass is 28.7. The van der Waals surface area contributed by atoms with Crippen LogP contribution in [0.5, 0.6) is 0 Å². The summed E-state index contributed by atoms with van der Waals surface area (Å²) in [5.41, 5.74) is 0. The number of carbonyl (C=O) groups excluding carboxylic acids is 1. The molecule has 0 radical (unpaired) electrons. The van der Waals surface area contributed by atoms with Crippen molar-refractivity contribution in [3.63, 3.8) is 0 Å². The van der Waals surface area contributed by atoms with Gasteiger partial charge in [0.05, 0.1) is 0 Å². The van der Waals surface area contributed by atoms with Crippen LogP contribution in [0.15, 0.2) is 12.7 Å². The van der Waals surface area contributed by atoms with Crippen molar-refractivity contribution < 1.29 is 91.8 Å². The molecule has 0 aromatic heterocycles. The average Bonchev–Trinajstić information content (AvgIpc) is 2.88. The average molecular weight is 1200 g/mol. The molecule has 0 N–H and O–H groups in total. The van der Waals surface area contributed by atoms with Gasteiger partial charge in [-0.1, -0.05) is 6.58 Å². The van der Waals surface area contributed by atoms with Gasteiger partial charge in [-0.3, -0.25) is 0 Å². The predicted octanol–water partition coefficient (Wildman–Crippen LogP) is 6.19. The lowest BCUT2D eigenvalue weighted by Crippen LogP contribution is -2.93. The SMILES string of the molecule is C=CC(=O)OC[Si](C)(C)O[Si]12O[Si]3(O[Si](C)(C)C)O[Si]4(O[Si](C)(C)C)O[Si]5(O[Si](C)(C)C)O[Si](O[Si](C)(C)C)(O3)O[Si](O[Si](C)(C)C)(O[Si](O[Si](C)(C)C)(O5)O[Si](O[Si](C)(C)C)(O4)O1)O2. The third kappa shape index (κ3) is 15.9. The first-order valence-electron chi connectivity index (χ1n) is 21.4. The number of rotatable bonds is 19. The molecule has 22 nitrogen and oxygen atoms in total. The molecule has 6 rings (SSSR count). The Kier molecular flexibility index (Phi) is 16.1. The van der Waals surface area contributed by atoms with Crippen LogP contribution in [0, 0.1) is 0 Å². The Morgan fingerprint density at radius 2 is 0.492 bits per heavy atom. The van der Waals surface area contributed by atoms with E-state index in [4.69, 9.17) is 87.0 Å². The molecule has 0 aromatic rings. The number of carbonyl (C=O) groups is 1. The molecule has 0 amide bonds. The summed E-state index contributed by atoms with van der Waals surface area (Å²) in [5.74, 6) is -0.679. The van der Waals surface area contributed by atoms with Crippen LogP contribution >= 0.6 is 0 Å². The first-order valence-corrected chi connectivity index (χ1v) is 61.4. The van der Waals surface area contributed by atoms with Gasteiger partial charge in [0.15, 0.2) is 58.2 Å². The lowest BCUT2D eigenvalue weighted by Gasteiger charge is -2.60. The van der Waals surface area contributed by atoms with Crippen molar-refractivity contribution in [2.24, 2.45) is 0 Å². The maximum absolute atomic E-state index is 12.6. The second kappa shape index (κ2) is 18.1. The highest BCUT2D eigenvalue weighted by molar-refractivity contribution is 7.04. The maximum atomic E-state index is 12.6. The molecule has 0 saturated carbocycles. The van der Waals surface area contributed by atoms with Gasteiger partial charge in [-0.2, -0.15) is 0 Å². The topological polar surface area (TPSA) is 211 Å². The van der Waals surface area contributed by atoms with E-state index >= 15 is 0 Å². The third-order valence-corrected chi connectivity index (χ3v) is 59.3. The fraction of sp³-hybridized carbons (Fsp3) is 0.889. The van der Waals surface area contributed by atoms with E-state index in [1.54, 1.807) is 13.1 Å². The second-order valence-electron chi connectivity index (χ2n) is 23.4. The van der Waals surface area contributed by atoms with E-state index < -0.39 is 145 Å². The highest BCUT2D eigenvalue weighted by Gasteiger charge is 2.92. The number of hydrogen-bond acceptors (Lipinski definition) is 22. The lowest BCUT2D eigenvalue weighted by molar-refractivity contribution is -0.138. The van der Waals surface area contributed by atoms with Crippen LogP contribution < -0.4 is 0 Å². The Bertz CT molecular complexity index is 1610. The minimum absolute atomic E-state index is 0.228. The van der Waals surface area contributed by atoms with E-state index in [-0.39, 0.29) is 6.23 Å². The Morgan fingerprint density at radius 1 is 0.338 bits per heavy atom. The Labute approximate surface area is 403 Å². The minimum atomic E-state index is -5.29. The van der Waals surface area contributed by atoms with Crippen molar-refractivity contribution in [3.8, 4) is 0 Å². The molecule has 8 bridgehead atoms. The summed E-state index contributed by atoms with van der Waals surface area (Å²) in [5, 5.41) is 0. The smallest absolute Gasteiger partial charge is 0.463 e. The molecule has 0 atom stereocenters. The van der Waals surface area contributed by atoms with Crippen molar-refractivity contribution in [2.75, 3.05) is 6.23 Å². The van der Waals surface area contributed by atoms with E-state index in [1.807, 2.05) is 137 Å². The third-order valence-electron chi connectivity index (χ3n) is 7.15. The van der Waals surface area contributed by atoms with Gasteiger partial charge in [0, 0.05) is 6.08 Å². The van der Waals surface area contributed by atoms with Crippen molar-refractivity contribution in [2.45, 2.75) is 151 Å². The van der Waals surface area contributed by atoms with E-state index in [0.29, 0.717) is 0 Å². The molecule has 0 aliphatic carbocycles. The number of esters is 1. The first-order chi connectivity index (χ1) is 28.6. The molecule has 0 unspecified atom stereocenters. The normalized spacial score (nSPS) is 37.3. The van der Waals surface area contributed by atoms with Crippen LogP contribution in [0.4, 0.5) is 0 Å². The molecule has 6 aliphatic rings. The van der Waals surface area contributed by atoms with Gasteiger partial charge < -0.3 is 87.0 Å². The van der Waals surface area contributed by atoms with Crippen LogP contribution in [0.1, 0.15) is 0 Å². The van der Waals surface area contributed by atoms with Gasteiger partial charge in [-0.15, -0.1) is 0 Å². The van der Waals surface area contributed by atoms with Crippen molar-refractivity contribution >= 4 is 145 Å². The van der Waals surface area contributed by atoms with E-state index in [9.17, 15) is 4.79 Å². The predicted molar refractivity (Wildman–Crippen MR) is 270 cm³/mol. The van der Waals surface area contributed by atoms with E-state index in [2.05, 4.69) is 6.58 Å². The zero-order valence-corrected chi connectivity index (χ0v) is 58.5. The standard InChI is InChI=1S/C27H74O22Si16/c1-25-27(28)29-26-57(23,24)37-65-47-62(34-54(14,15)16)41-59(31-51(5,6)7)38-58(30-50(2,3)4)39-60(43-62,32-52(8,9)10)45-64(49-65,36-56(20,21)22)46-61(40-58,33-53(11,12)13)44-63(42-59,48-65)35-55(17,18)19/h25H,1,26H2,2-24H3. The fourth-order valence-electron chi connectivity index (χ4n) is 6.13. The number of hydrogen-bond donors (Lipinski definition) is 0. The van der Waals surface area contributed by atoms with Gasteiger partial charge in [0.25, 0.3) is 0 Å². The first kappa shape index (κ1) is 57.8. The number of ether oxygens (including phenoxy) is 1. The van der Waals surface area contributed by atoms with Crippen molar-refractivity contribution in [1.29, 1.82) is 0 Å². The molecule has 6 fully saturated rings. The minimum Gasteiger partial charge on any atom is -0.463 e. The highest BCUT2D eigenvalue weighted by Crippen LogP contribution is 2.53. The second-order valence-corrected chi connectivity index (χ2v) is 81.1. The van der Waals surface area contributed by atoms with Gasteiger partial charge in [0.1, 0.15) is 6.23 Å². The fourth-order valence-corrected chi connectivity index (χ4v) is 71.3. The Morgan fingerprint density at radius 3 is 0.631 bits per heavy atom. The zero-order chi connectivity index (χ0) is 49.8. The summed E-state index contributed by atoms with van der Waals surface area (Å²) in [4.78, 5) is 12.6. The van der Waals surface area contributed by atoms with Crippen molar-refractivity contribution in [3.05, 3.63) is 12.7 Å². The van der Waals surface area contributed by atoms with Crippen LogP contribution in [0.3, 0.4) is 0 Å². The maximum Gasteiger partial charge on any atom is 0.651 e. The summed E-state index contributed by atoms with van der Waals surface area (Å²) in [6.07, 6.45) is 0.826. The van der Waals surface area contributed by atoms with E-state index in [0.717, 1.165) is 6.08 Å².